The lowest BCUT2D eigenvalue weighted by atomic mass is 10.1. The van der Waals surface area contributed by atoms with Gasteiger partial charge in [-0.1, -0.05) is 13.0 Å². The van der Waals surface area contributed by atoms with Crippen molar-refractivity contribution in [2.75, 3.05) is 25.1 Å². The average Bonchev–Trinajstić information content (AvgIpc) is 2.56. The molecule has 2 rings (SSSR count). The number of hydrogen-bond acceptors (Lipinski definition) is 4. The summed E-state index contributed by atoms with van der Waals surface area (Å²) in [6, 6.07) is 6.14. The van der Waals surface area contributed by atoms with E-state index in [1.165, 1.54) is 5.56 Å². The highest BCUT2D eigenvalue weighted by atomic mass is 16.6. The maximum Gasteiger partial charge on any atom is 0.408 e. The third-order valence-electron chi connectivity index (χ3n) is 3.50. The van der Waals surface area contributed by atoms with Crippen molar-refractivity contribution >= 4 is 11.8 Å². The van der Waals surface area contributed by atoms with Crippen molar-refractivity contribution in [2.24, 2.45) is 0 Å². The highest BCUT2D eigenvalue weighted by molar-refractivity contribution is 5.68. The maximum atomic E-state index is 11.9. The first-order chi connectivity index (χ1) is 10.3. The lowest BCUT2D eigenvalue weighted by Gasteiger charge is -2.25. The largest absolute Gasteiger partial charge is 0.489 e. The molecule has 0 aliphatic carbocycles. The topological polar surface area (TPSA) is 50.8 Å². The third-order valence-corrected chi connectivity index (χ3v) is 3.50. The molecule has 5 nitrogen and oxygen atoms in total. The second-order valence-electron chi connectivity index (χ2n) is 6.69. The molecule has 0 fully saturated rings. The third kappa shape index (κ3) is 4.29. The van der Waals surface area contributed by atoms with E-state index in [2.05, 4.69) is 35.3 Å². The van der Waals surface area contributed by atoms with Crippen LogP contribution in [0, 0.1) is 0 Å². The van der Waals surface area contributed by atoms with Crippen molar-refractivity contribution in [1.82, 2.24) is 5.32 Å². The molecule has 1 aromatic rings. The number of fused-ring (bicyclic) bond motifs is 1. The van der Waals surface area contributed by atoms with Gasteiger partial charge in [0.1, 0.15) is 18.0 Å². The van der Waals surface area contributed by atoms with Crippen LogP contribution in [-0.2, 0) is 11.2 Å². The lowest BCUT2D eigenvalue weighted by Crippen LogP contribution is -2.46. The molecule has 0 saturated carbocycles. The van der Waals surface area contributed by atoms with Gasteiger partial charge in [0.25, 0.3) is 0 Å². The van der Waals surface area contributed by atoms with Crippen molar-refractivity contribution in [2.45, 2.75) is 45.8 Å². The number of anilines is 1. The number of nitrogens with one attached hydrogen (secondary N) is 1. The molecule has 0 bridgehead atoms. The monoisotopic (exact) mass is 306 g/mol. The van der Waals surface area contributed by atoms with E-state index < -0.39 is 11.7 Å². The molecule has 5 heteroatoms. The average molecular weight is 306 g/mol. The molecule has 1 aromatic carbocycles. The van der Waals surface area contributed by atoms with E-state index >= 15 is 0 Å². The predicted molar refractivity (Wildman–Crippen MR) is 87.7 cm³/mol. The Morgan fingerprint density at radius 1 is 1.45 bits per heavy atom. The number of nitrogens with zero attached hydrogens (tertiary/aromatic N) is 1. The van der Waals surface area contributed by atoms with Crippen LogP contribution in [0.25, 0.3) is 0 Å². The Kier molecular flexibility index (Phi) is 4.84. The minimum atomic E-state index is -0.499. The van der Waals surface area contributed by atoms with Crippen LogP contribution < -0.4 is 15.0 Å². The highest BCUT2D eigenvalue weighted by Crippen LogP contribution is 2.31. The van der Waals surface area contributed by atoms with Gasteiger partial charge in [0.2, 0.25) is 0 Å². The van der Waals surface area contributed by atoms with Crippen LogP contribution in [0.4, 0.5) is 10.5 Å². The van der Waals surface area contributed by atoms with Crippen LogP contribution in [0.2, 0.25) is 0 Å². The van der Waals surface area contributed by atoms with Crippen LogP contribution in [0.5, 0.6) is 5.75 Å². The minimum Gasteiger partial charge on any atom is -0.489 e. The lowest BCUT2D eigenvalue weighted by molar-refractivity contribution is 0.0492. The van der Waals surface area contributed by atoms with E-state index in [0.29, 0.717) is 13.2 Å². The summed E-state index contributed by atoms with van der Waals surface area (Å²) in [5.41, 5.74) is 1.79. The molecule has 122 valence electrons. The molecule has 1 heterocycles. The number of hydrogen-bond donors (Lipinski definition) is 1. The smallest absolute Gasteiger partial charge is 0.408 e. The fourth-order valence-electron chi connectivity index (χ4n) is 2.44. The van der Waals surface area contributed by atoms with Gasteiger partial charge in [0.05, 0.1) is 11.7 Å². The first kappa shape index (κ1) is 16.5. The molecule has 1 atom stereocenters. The van der Waals surface area contributed by atoms with Gasteiger partial charge in [-0.2, -0.15) is 0 Å². The summed E-state index contributed by atoms with van der Waals surface area (Å²) >= 11 is 0. The van der Waals surface area contributed by atoms with Gasteiger partial charge in [0.15, 0.2) is 0 Å². The number of amides is 1. The van der Waals surface area contributed by atoms with E-state index in [4.69, 9.17) is 9.47 Å². The van der Waals surface area contributed by atoms with Gasteiger partial charge >= 0.3 is 6.09 Å². The first-order valence-corrected chi connectivity index (χ1v) is 7.75. The van der Waals surface area contributed by atoms with Gasteiger partial charge in [0, 0.05) is 13.6 Å². The van der Waals surface area contributed by atoms with Gasteiger partial charge < -0.3 is 19.7 Å². The van der Waals surface area contributed by atoms with Gasteiger partial charge in [-0.15, -0.1) is 0 Å². The first-order valence-electron chi connectivity index (χ1n) is 7.75. The molecule has 1 N–H and O–H groups in total. The zero-order valence-corrected chi connectivity index (χ0v) is 14.1. The summed E-state index contributed by atoms with van der Waals surface area (Å²) in [4.78, 5) is 14.0. The molecule has 0 spiro atoms. The molecular formula is C17H26N2O3. The molecule has 0 unspecified atom stereocenters. The number of carbonyl (C=O) groups is 1. The molecular weight excluding hydrogens is 280 g/mol. The maximum absolute atomic E-state index is 11.9. The normalized spacial score (nSPS) is 18.0. The second-order valence-corrected chi connectivity index (χ2v) is 6.69. The Morgan fingerprint density at radius 2 is 2.18 bits per heavy atom. The Labute approximate surface area is 132 Å². The molecule has 0 saturated heterocycles. The van der Waals surface area contributed by atoms with Crippen molar-refractivity contribution in [1.29, 1.82) is 0 Å². The number of benzene rings is 1. The number of rotatable bonds is 2. The highest BCUT2D eigenvalue weighted by Gasteiger charge is 2.24. The fraction of sp³-hybridized carbons (Fsp3) is 0.588. The van der Waals surface area contributed by atoms with Crippen molar-refractivity contribution in [3.63, 3.8) is 0 Å². The van der Waals surface area contributed by atoms with Crippen LogP contribution >= 0.6 is 0 Å². The minimum absolute atomic E-state index is 0.114. The predicted octanol–water partition coefficient (Wildman–Crippen LogP) is 2.97. The Morgan fingerprint density at radius 3 is 2.82 bits per heavy atom. The standard InChI is InChI=1S/C17H26N2O3/c1-6-12-7-8-14-15(9-12)21-11-13(10-19(14)5)18-16(20)22-17(2,3)4/h7-9,13H,6,10-11H2,1-5H3,(H,18,20)/t13-/m1/s1. The van der Waals surface area contributed by atoms with Gasteiger partial charge in [-0.3, -0.25) is 0 Å². The summed E-state index contributed by atoms with van der Waals surface area (Å²) in [7, 11) is 2.00. The van der Waals surface area contributed by atoms with Crippen molar-refractivity contribution in [3.8, 4) is 5.75 Å². The summed E-state index contributed by atoms with van der Waals surface area (Å²) in [6.45, 7) is 8.79. The quantitative estimate of drug-likeness (QED) is 0.912. The zero-order valence-electron chi connectivity index (χ0n) is 14.1. The van der Waals surface area contributed by atoms with E-state index in [0.717, 1.165) is 17.9 Å². The van der Waals surface area contributed by atoms with Gasteiger partial charge in [-0.05, 0) is 44.9 Å². The van der Waals surface area contributed by atoms with Crippen LogP contribution in [-0.4, -0.2) is 37.9 Å². The SMILES string of the molecule is CCc1ccc2c(c1)OC[C@H](NC(=O)OC(C)(C)C)CN2C. The van der Waals surface area contributed by atoms with Crippen LogP contribution in [0.1, 0.15) is 33.3 Å². The van der Waals surface area contributed by atoms with E-state index in [-0.39, 0.29) is 6.04 Å². The van der Waals surface area contributed by atoms with E-state index in [9.17, 15) is 4.79 Å². The number of alkyl carbamates (subject to hydrolysis) is 1. The molecule has 1 aliphatic rings. The van der Waals surface area contributed by atoms with E-state index in [1.54, 1.807) is 0 Å². The van der Waals surface area contributed by atoms with Gasteiger partial charge in [-0.25, -0.2) is 4.79 Å². The molecule has 22 heavy (non-hydrogen) atoms. The molecule has 1 aliphatic heterocycles. The van der Waals surface area contributed by atoms with E-state index in [1.807, 2.05) is 27.8 Å². The number of ether oxygens (including phenoxy) is 2. The number of aryl methyl sites for hydroxylation is 1. The Bertz CT molecular complexity index is 537. The zero-order chi connectivity index (χ0) is 16.3. The Balaban J connectivity index is 2.04. The number of carbonyl (C=O) groups excluding carboxylic acids is 1. The van der Waals surface area contributed by atoms with Crippen LogP contribution in [0.15, 0.2) is 18.2 Å². The summed E-state index contributed by atoms with van der Waals surface area (Å²) < 4.78 is 11.2. The van der Waals surface area contributed by atoms with Crippen LogP contribution in [0.3, 0.4) is 0 Å². The number of likely N-dealkylation sites (N-methyl/N-ethyl adjacent to an activating group) is 1. The fourth-order valence-corrected chi connectivity index (χ4v) is 2.44. The van der Waals surface area contributed by atoms with Crippen molar-refractivity contribution < 1.29 is 14.3 Å². The molecule has 0 radical (unpaired) electrons. The Hall–Kier alpha value is -1.91. The van der Waals surface area contributed by atoms with Crippen molar-refractivity contribution in [3.05, 3.63) is 23.8 Å². The summed E-state index contributed by atoms with van der Waals surface area (Å²) in [6.07, 6.45) is 0.564. The second kappa shape index (κ2) is 6.46. The summed E-state index contributed by atoms with van der Waals surface area (Å²) in [5.74, 6) is 0.871. The molecule has 0 aromatic heterocycles. The molecule has 1 amide bonds. The summed E-state index contributed by atoms with van der Waals surface area (Å²) in [5, 5.41) is 2.88.